The zero-order valence-corrected chi connectivity index (χ0v) is 9.73. The number of aliphatic hydroxyl groups is 1. The molecule has 1 unspecified atom stereocenters. The van der Waals surface area contributed by atoms with Gasteiger partial charge in [0.25, 0.3) is 5.92 Å². The van der Waals surface area contributed by atoms with Crippen molar-refractivity contribution in [3.05, 3.63) is 35.9 Å². The Labute approximate surface area is 97.1 Å². The topological polar surface area (TPSA) is 77.8 Å². The molecule has 0 aromatic heterocycles. The van der Waals surface area contributed by atoms with Gasteiger partial charge in [-0.2, -0.15) is 0 Å². The van der Waals surface area contributed by atoms with Crippen LogP contribution >= 0.6 is 7.60 Å². The maximum Gasteiger partial charge on any atom is 0.328 e. The minimum atomic E-state index is -4.65. The van der Waals surface area contributed by atoms with Gasteiger partial charge in [0.15, 0.2) is 0 Å². The van der Waals surface area contributed by atoms with E-state index in [0.717, 1.165) is 0 Å². The molecule has 7 heteroatoms. The van der Waals surface area contributed by atoms with Gasteiger partial charge >= 0.3 is 7.60 Å². The molecule has 0 saturated heterocycles. The second-order valence-electron chi connectivity index (χ2n) is 3.79. The van der Waals surface area contributed by atoms with Gasteiger partial charge in [0, 0.05) is 6.42 Å². The fraction of sp³-hybridized carbons (Fsp3) is 0.400. The highest BCUT2D eigenvalue weighted by Crippen LogP contribution is 2.39. The van der Waals surface area contributed by atoms with Crippen molar-refractivity contribution in [3.8, 4) is 0 Å². The van der Waals surface area contributed by atoms with Gasteiger partial charge in [0.2, 0.25) is 0 Å². The smallest absolute Gasteiger partial charge is 0.328 e. The molecule has 4 nitrogen and oxygen atoms in total. The third kappa shape index (κ3) is 4.91. The van der Waals surface area contributed by atoms with E-state index in [-0.39, 0.29) is 0 Å². The lowest BCUT2D eigenvalue weighted by Crippen LogP contribution is -2.38. The SMILES string of the molecule is O=P(O)(O)CC(O)C(F)(F)Cc1ccccc1. The molecule has 0 spiro atoms. The van der Waals surface area contributed by atoms with E-state index in [4.69, 9.17) is 14.9 Å². The highest BCUT2D eigenvalue weighted by molar-refractivity contribution is 7.51. The van der Waals surface area contributed by atoms with E-state index < -0.39 is 32.2 Å². The van der Waals surface area contributed by atoms with Crippen molar-refractivity contribution in [1.82, 2.24) is 0 Å². The molecule has 1 aromatic rings. The molecular weight excluding hydrogens is 253 g/mol. The molecule has 17 heavy (non-hydrogen) atoms. The lowest BCUT2D eigenvalue weighted by molar-refractivity contribution is -0.0980. The Morgan fingerprint density at radius 2 is 1.76 bits per heavy atom. The van der Waals surface area contributed by atoms with E-state index in [1.807, 2.05) is 0 Å². The van der Waals surface area contributed by atoms with Crippen LogP contribution in [0.25, 0.3) is 0 Å². The number of hydrogen-bond donors (Lipinski definition) is 3. The molecule has 0 bridgehead atoms. The van der Waals surface area contributed by atoms with Crippen LogP contribution in [-0.4, -0.2) is 33.1 Å². The van der Waals surface area contributed by atoms with Gasteiger partial charge in [0.05, 0.1) is 6.16 Å². The van der Waals surface area contributed by atoms with Gasteiger partial charge in [-0.05, 0) is 5.56 Å². The summed E-state index contributed by atoms with van der Waals surface area (Å²) >= 11 is 0. The zero-order valence-electron chi connectivity index (χ0n) is 8.83. The van der Waals surface area contributed by atoms with Crippen LogP contribution in [0.4, 0.5) is 8.78 Å². The molecule has 1 atom stereocenters. The van der Waals surface area contributed by atoms with Crippen LogP contribution in [0.5, 0.6) is 0 Å². The minimum absolute atomic E-state index is 0.294. The molecule has 1 rings (SSSR count). The Bertz CT molecular complexity index is 404. The highest BCUT2D eigenvalue weighted by atomic mass is 31.2. The summed E-state index contributed by atoms with van der Waals surface area (Å²) < 4.78 is 37.4. The fourth-order valence-electron chi connectivity index (χ4n) is 1.34. The average molecular weight is 266 g/mol. The molecule has 3 N–H and O–H groups in total. The quantitative estimate of drug-likeness (QED) is 0.704. The molecule has 0 heterocycles. The van der Waals surface area contributed by atoms with Crippen molar-refractivity contribution < 1.29 is 28.2 Å². The maximum atomic E-state index is 13.4. The summed E-state index contributed by atoms with van der Waals surface area (Å²) in [5.41, 5.74) is 0.294. The van der Waals surface area contributed by atoms with Crippen molar-refractivity contribution in [2.45, 2.75) is 18.4 Å². The predicted molar refractivity (Wildman–Crippen MR) is 58.0 cm³/mol. The van der Waals surface area contributed by atoms with Gasteiger partial charge in [0.1, 0.15) is 6.10 Å². The van der Waals surface area contributed by atoms with Gasteiger partial charge in [-0.1, -0.05) is 30.3 Å². The number of hydrogen-bond acceptors (Lipinski definition) is 2. The maximum absolute atomic E-state index is 13.4. The lowest BCUT2D eigenvalue weighted by atomic mass is 10.0. The first-order valence-electron chi connectivity index (χ1n) is 4.85. The molecule has 0 fully saturated rings. The minimum Gasteiger partial charge on any atom is -0.386 e. The van der Waals surface area contributed by atoms with Gasteiger partial charge in [-0.15, -0.1) is 0 Å². The monoisotopic (exact) mass is 266 g/mol. The van der Waals surface area contributed by atoms with E-state index in [0.29, 0.717) is 5.56 Å². The molecule has 0 aliphatic carbocycles. The largest absolute Gasteiger partial charge is 0.386 e. The van der Waals surface area contributed by atoms with Crippen LogP contribution in [0.1, 0.15) is 5.56 Å². The molecule has 0 aliphatic heterocycles. The van der Waals surface area contributed by atoms with E-state index in [1.165, 1.54) is 12.1 Å². The zero-order chi connectivity index (χ0) is 13.1. The number of alkyl halides is 2. The second-order valence-corrected chi connectivity index (χ2v) is 5.48. The summed E-state index contributed by atoms with van der Waals surface area (Å²) in [6.45, 7) is 0. The number of halogens is 2. The van der Waals surface area contributed by atoms with Crippen molar-refractivity contribution in [2.75, 3.05) is 6.16 Å². The molecule has 0 radical (unpaired) electrons. The van der Waals surface area contributed by atoms with Crippen LogP contribution in [0, 0.1) is 0 Å². The van der Waals surface area contributed by atoms with Crippen molar-refractivity contribution >= 4 is 7.60 Å². The third-order valence-electron chi connectivity index (χ3n) is 2.18. The van der Waals surface area contributed by atoms with Crippen LogP contribution in [0.3, 0.4) is 0 Å². The van der Waals surface area contributed by atoms with Gasteiger partial charge in [-0.25, -0.2) is 8.78 Å². The van der Waals surface area contributed by atoms with Gasteiger partial charge in [-0.3, -0.25) is 4.57 Å². The molecule has 0 amide bonds. The van der Waals surface area contributed by atoms with E-state index in [2.05, 4.69) is 0 Å². The standard InChI is InChI=1S/C10H13F2O4P/c11-10(12,9(13)7-17(14,15)16)6-8-4-2-1-3-5-8/h1-5,9,13H,6-7H2,(H2,14,15,16). The second kappa shape index (κ2) is 5.23. The third-order valence-corrected chi connectivity index (χ3v) is 3.00. The first-order valence-corrected chi connectivity index (χ1v) is 6.65. The number of aliphatic hydroxyl groups excluding tert-OH is 1. The molecule has 96 valence electrons. The van der Waals surface area contributed by atoms with E-state index in [1.54, 1.807) is 18.2 Å². The molecule has 1 aromatic carbocycles. The Morgan fingerprint density at radius 1 is 1.24 bits per heavy atom. The Kier molecular flexibility index (Phi) is 4.38. The Hall–Kier alpha value is -0.810. The summed E-state index contributed by atoms with van der Waals surface area (Å²) in [6.07, 6.45) is -4.36. The van der Waals surface area contributed by atoms with Crippen LogP contribution in [0.2, 0.25) is 0 Å². The predicted octanol–water partition coefficient (Wildman–Crippen LogP) is 1.40. The summed E-state index contributed by atoms with van der Waals surface area (Å²) in [5.74, 6) is -3.57. The van der Waals surface area contributed by atoms with Gasteiger partial charge < -0.3 is 14.9 Å². The average Bonchev–Trinajstić information content (AvgIpc) is 2.15. The summed E-state index contributed by atoms with van der Waals surface area (Å²) in [5, 5.41) is 9.13. The number of rotatable bonds is 5. The number of benzene rings is 1. The first-order chi connectivity index (χ1) is 7.71. The Morgan fingerprint density at radius 3 is 2.24 bits per heavy atom. The van der Waals surface area contributed by atoms with E-state index >= 15 is 0 Å². The normalized spacial score (nSPS) is 14.6. The van der Waals surface area contributed by atoms with E-state index in [9.17, 15) is 13.3 Å². The first kappa shape index (κ1) is 14.3. The van der Waals surface area contributed by atoms with Crippen molar-refractivity contribution in [2.24, 2.45) is 0 Å². The molecule has 0 aliphatic rings. The summed E-state index contributed by atoms with van der Waals surface area (Å²) in [6, 6.07) is 7.71. The summed E-state index contributed by atoms with van der Waals surface area (Å²) in [7, 11) is -4.65. The molecule has 0 saturated carbocycles. The highest BCUT2D eigenvalue weighted by Gasteiger charge is 2.41. The lowest BCUT2D eigenvalue weighted by Gasteiger charge is -2.22. The molecular formula is C10H13F2O4P. The van der Waals surface area contributed by atoms with Crippen molar-refractivity contribution in [3.63, 3.8) is 0 Å². The Balaban J connectivity index is 2.71. The van der Waals surface area contributed by atoms with Crippen molar-refractivity contribution in [1.29, 1.82) is 0 Å². The van der Waals surface area contributed by atoms with Crippen LogP contribution in [0.15, 0.2) is 30.3 Å². The van der Waals surface area contributed by atoms with Crippen LogP contribution < -0.4 is 0 Å². The summed E-state index contributed by atoms with van der Waals surface area (Å²) in [4.78, 5) is 17.1. The van der Waals surface area contributed by atoms with Crippen LogP contribution in [-0.2, 0) is 11.0 Å². The fourth-order valence-corrected chi connectivity index (χ4v) is 2.06.